The average molecular weight is 273 g/mol. The van der Waals surface area contributed by atoms with Crippen molar-refractivity contribution in [3.63, 3.8) is 0 Å². The van der Waals surface area contributed by atoms with E-state index in [-0.39, 0.29) is 12.5 Å². The van der Waals surface area contributed by atoms with Crippen molar-refractivity contribution in [2.24, 2.45) is 5.92 Å². The number of carboxylic acids is 1. The first-order valence-corrected chi connectivity index (χ1v) is 6.22. The molecule has 1 heterocycles. The minimum absolute atomic E-state index is 0.127. The Bertz CT molecular complexity index is 367. The molecule has 0 aliphatic carbocycles. The number of carbonyl (C=O) groups is 3. The Morgan fingerprint density at radius 3 is 2.42 bits per heavy atom. The molecular formula is C12H19NO6. The number of carbonyl (C=O) groups excluding carboxylic acids is 2. The van der Waals surface area contributed by atoms with Crippen LogP contribution in [0.3, 0.4) is 0 Å². The molecule has 1 amide bonds. The molecule has 0 bridgehead atoms. The van der Waals surface area contributed by atoms with Gasteiger partial charge in [-0.05, 0) is 19.3 Å². The maximum atomic E-state index is 11.7. The van der Waals surface area contributed by atoms with Gasteiger partial charge in [-0.1, -0.05) is 13.8 Å². The van der Waals surface area contributed by atoms with Crippen molar-refractivity contribution in [2.45, 2.75) is 45.4 Å². The quantitative estimate of drug-likeness (QED) is 0.497. The first-order valence-electron chi connectivity index (χ1n) is 6.22. The first-order chi connectivity index (χ1) is 8.86. The monoisotopic (exact) mass is 273 g/mol. The molecule has 7 nitrogen and oxygen atoms in total. The standard InChI is InChI=1S/C12H19NO6/c1-4-18-12(17)9-8(19-9)10(14)13-7(11(15)16)5-6(2)3/h6-9H,4-5H2,1-3H3,(H,13,14)(H,15,16)/t7-,8-,9-/m0/s1. The fourth-order valence-corrected chi connectivity index (χ4v) is 1.66. The van der Waals surface area contributed by atoms with Crippen molar-refractivity contribution in [3.8, 4) is 0 Å². The molecule has 0 aromatic heterocycles. The van der Waals surface area contributed by atoms with E-state index >= 15 is 0 Å². The number of hydrogen-bond acceptors (Lipinski definition) is 5. The Labute approximate surface area is 111 Å². The highest BCUT2D eigenvalue weighted by Crippen LogP contribution is 2.24. The molecule has 1 aliphatic rings. The summed E-state index contributed by atoms with van der Waals surface area (Å²) in [5.41, 5.74) is 0. The van der Waals surface area contributed by atoms with Crippen LogP contribution in [0.15, 0.2) is 0 Å². The SMILES string of the molecule is CCOC(=O)[C@H]1O[C@@H]1C(=O)N[C@@H](CC(C)C)C(=O)O. The molecule has 1 rings (SSSR count). The highest BCUT2D eigenvalue weighted by molar-refractivity contribution is 5.94. The predicted molar refractivity (Wildman–Crippen MR) is 64.3 cm³/mol. The zero-order chi connectivity index (χ0) is 14.6. The Kier molecular flexibility index (Phi) is 5.29. The molecule has 0 unspecified atom stereocenters. The number of nitrogens with one attached hydrogen (secondary N) is 1. The van der Waals surface area contributed by atoms with E-state index < -0.39 is 36.1 Å². The molecule has 1 fully saturated rings. The lowest BCUT2D eigenvalue weighted by molar-refractivity contribution is -0.144. The Morgan fingerprint density at radius 2 is 1.95 bits per heavy atom. The Morgan fingerprint density at radius 1 is 1.32 bits per heavy atom. The number of epoxide rings is 1. The normalized spacial score (nSPS) is 22.7. The van der Waals surface area contributed by atoms with Crippen LogP contribution in [0.25, 0.3) is 0 Å². The molecule has 7 heteroatoms. The van der Waals surface area contributed by atoms with Gasteiger partial charge in [0.05, 0.1) is 6.61 Å². The molecule has 1 aliphatic heterocycles. The molecule has 0 spiro atoms. The number of ether oxygens (including phenoxy) is 2. The number of esters is 1. The molecule has 0 aromatic rings. The number of rotatable bonds is 7. The van der Waals surface area contributed by atoms with Gasteiger partial charge in [0.1, 0.15) is 6.04 Å². The molecule has 0 aromatic carbocycles. The molecule has 3 atom stereocenters. The molecule has 19 heavy (non-hydrogen) atoms. The van der Waals surface area contributed by atoms with Gasteiger partial charge in [-0.3, -0.25) is 4.79 Å². The lowest BCUT2D eigenvalue weighted by Crippen LogP contribution is -2.44. The van der Waals surface area contributed by atoms with Crippen LogP contribution in [0.4, 0.5) is 0 Å². The van der Waals surface area contributed by atoms with Crippen LogP contribution in [0.5, 0.6) is 0 Å². The smallest absolute Gasteiger partial charge is 0.338 e. The summed E-state index contributed by atoms with van der Waals surface area (Å²) < 4.78 is 9.60. The molecule has 0 saturated carbocycles. The number of hydrogen-bond donors (Lipinski definition) is 2. The van der Waals surface area contributed by atoms with Crippen molar-refractivity contribution in [1.82, 2.24) is 5.32 Å². The minimum atomic E-state index is -1.10. The van der Waals surface area contributed by atoms with Crippen LogP contribution in [-0.4, -0.2) is 47.8 Å². The van der Waals surface area contributed by atoms with Crippen molar-refractivity contribution < 1.29 is 29.0 Å². The van der Waals surface area contributed by atoms with Crippen LogP contribution in [0.1, 0.15) is 27.2 Å². The third-order valence-corrected chi connectivity index (χ3v) is 2.59. The highest BCUT2D eigenvalue weighted by atomic mass is 16.6. The molecule has 0 radical (unpaired) electrons. The van der Waals surface area contributed by atoms with Crippen molar-refractivity contribution >= 4 is 17.8 Å². The van der Waals surface area contributed by atoms with Crippen molar-refractivity contribution in [2.75, 3.05) is 6.61 Å². The van der Waals surface area contributed by atoms with Gasteiger partial charge in [0.15, 0.2) is 12.2 Å². The van der Waals surface area contributed by atoms with Crippen LogP contribution in [-0.2, 0) is 23.9 Å². The van der Waals surface area contributed by atoms with Gasteiger partial charge in [0.2, 0.25) is 0 Å². The summed E-state index contributed by atoms with van der Waals surface area (Å²) >= 11 is 0. The van der Waals surface area contributed by atoms with E-state index in [2.05, 4.69) is 5.32 Å². The van der Waals surface area contributed by atoms with Crippen LogP contribution in [0.2, 0.25) is 0 Å². The van der Waals surface area contributed by atoms with Gasteiger partial charge in [-0.15, -0.1) is 0 Å². The molecule has 2 N–H and O–H groups in total. The lowest BCUT2D eigenvalue weighted by Gasteiger charge is -2.15. The van der Waals surface area contributed by atoms with Gasteiger partial charge in [0, 0.05) is 0 Å². The number of aliphatic carboxylic acids is 1. The second kappa shape index (κ2) is 6.51. The summed E-state index contributed by atoms with van der Waals surface area (Å²) in [4.78, 5) is 34.0. The predicted octanol–water partition coefficient (Wildman–Crippen LogP) is -0.0676. The van der Waals surface area contributed by atoms with Gasteiger partial charge >= 0.3 is 11.9 Å². The van der Waals surface area contributed by atoms with E-state index in [4.69, 9.17) is 14.6 Å². The minimum Gasteiger partial charge on any atom is -0.480 e. The summed E-state index contributed by atoms with van der Waals surface area (Å²) in [6.07, 6.45) is -1.53. The number of carboxylic acid groups (broad SMARTS) is 1. The summed E-state index contributed by atoms with van der Waals surface area (Å²) in [5.74, 6) is -2.16. The van der Waals surface area contributed by atoms with Crippen LogP contribution < -0.4 is 5.32 Å². The Balaban J connectivity index is 2.47. The fourth-order valence-electron chi connectivity index (χ4n) is 1.66. The fraction of sp³-hybridized carbons (Fsp3) is 0.750. The lowest BCUT2D eigenvalue weighted by atomic mass is 10.0. The topological polar surface area (TPSA) is 105 Å². The average Bonchev–Trinajstić information content (AvgIpc) is 3.07. The molecular weight excluding hydrogens is 254 g/mol. The zero-order valence-corrected chi connectivity index (χ0v) is 11.2. The highest BCUT2D eigenvalue weighted by Gasteiger charge is 2.52. The van der Waals surface area contributed by atoms with Crippen LogP contribution >= 0.6 is 0 Å². The largest absolute Gasteiger partial charge is 0.480 e. The summed E-state index contributed by atoms with van der Waals surface area (Å²) in [6, 6.07) is -0.973. The number of amides is 1. The zero-order valence-electron chi connectivity index (χ0n) is 11.2. The maximum Gasteiger partial charge on any atom is 0.338 e. The van der Waals surface area contributed by atoms with Gasteiger partial charge < -0.3 is 19.9 Å². The third kappa shape index (κ3) is 4.51. The van der Waals surface area contributed by atoms with Gasteiger partial charge in [-0.25, -0.2) is 9.59 Å². The summed E-state index contributed by atoms with van der Waals surface area (Å²) in [5, 5.41) is 11.4. The molecule has 108 valence electrons. The van der Waals surface area contributed by atoms with Gasteiger partial charge in [0.25, 0.3) is 5.91 Å². The van der Waals surface area contributed by atoms with Gasteiger partial charge in [-0.2, -0.15) is 0 Å². The maximum absolute atomic E-state index is 11.7. The van der Waals surface area contributed by atoms with E-state index in [1.807, 2.05) is 13.8 Å². The van der Waals surface area contributed by atoms with E-state index in [0.29, 0.717) is 6.42 Å². The third-order valence-electron chi connectivity index (χ3n) is 2.59. The van der Waals surface area contributed by atoms with E-state index in [9.17, 15) is 14.4 Å². The second-order valence-electron chi connectivity index (χ2n) is 4.76. The first kappa shape index (κ1) is 15.4. The van der Waals surface area contributed by atoms with Crippen molar-refractivity contribution in [3.05, 3.63) is 0 Å². The second-order valence-corrected chi connectivity index (χ2v) is 4.76. The van der Waals surface area contributed by atoms with E-state index in [0.717, 1.165) is 0 Å². The molecule has 1 saturated heterocycles. The van der Waals surface area contributed by atoms with Crippen molar-refractivity contribution in [1.29, 1.82) is 0 Å². The van der Waals surface area contributed by atoms with E-state index in [1.165, 1.54) is 0 Å². The Hall–Kier alpha value is -1.63. The van der Waals surface area contributed by atoms with E-state index in [1.54, 1.807) is 6.92 Å². The summed E-state index contributed by atoms with van der Waals surface area (Å²) in [6.45, 7) is 5.57. The summed E-state index contributed by atoms with van der Waals surface area (Å²) in [7, 11) is 0. The van der Waals surface area contributed by atoms with Crippen LogP contribution in [0, 0.1) is 5.92 Å².